The maximum absolute atomic E-state index is 5.95. The molecule has 1 aromatic heterocycles. The molecule has 19 heavy (non-hydrogen) atoms. The van der Waals surface area contributed by atoms with E-state index in [-0.39, 0.29) is 0 Å². The number of aryl methyl sites for hydroxylation is 3. The third kappa shape index (κ3) is 3.10. The number of nitrogens with zero attached hydrogens (tertiary/aromatic N) is 2. The van der Waals surface area contributed by atoms with E-state index >= 15 is 0 Å². The molecule has 0 saturated heterocycles. The van der Waals surface area contributed by atoms with Crippen LogP contribution in [-0.4, -0.2) is 9.78 Å². The van der Waals surface area contributed by atoms with Crippen LogP contribution in [0.5, 0.6) is 5.75 Å². The van der Waals surface area contributed by atoms with Gasteiger partial charge in [-0.25, -0.2) is 0 Å². The first-order valence-electron chi connectivity index (χ1n) is 6.44. The smallest absolute Gasteiger partial charge is 0.130 e. The first kappa shape index (κ1) is 13.9. The van der Waals surface area contributed by atoms with Crippen LogP contribution in [0.25, 0.3) is 0 Å². The lowest BCUT2D eigenvalue weighted by molar-refractivity contribution is 0.290. The molecule has 102 valence electrons. The van der Waals surface area contributed by atoms with Gasteiger partial charge in [-0.2, -0.15) is 5.10 Å². The lowest BCUT2D eigenvalue weighted by atomic mass is 10.1. The average Bonchev–Trinajstić information content (AvgIpc) is 2.77. The molecule has 0 aliphatic heterocycles. The zero-order valence-electron chi connectivity index (χ0n) is 11.6. The predicted molar refractivity (Wildman–Crippen MR) is 77.7 cm³/mol. The molecule has 1 aromatic carbocycles. The summed E-state index contributed by atoms with van der Waals surface area (Å²) in [7, 11) is 1.94. The van der Waals surface area contributed by atoms with E-state index < -0.39 is 0 Å². The maximum Gasteiger partial charge on any atom is 0.130 e. The lowest BCUT2D eigenvalue weighted by Gasteiger charge is -2.12. The van der Waals surface area contributed by atoms with E-state index in [0.717, 1.165) is 34.7 Å². The van der Waals surface area contributed by atoms with Gasteiger partial charge in [0, 0.05) is 12.6 Å². The normalized spacial score (nSPS) is 10.7. The summed E-state index contributed by atoms with van der Waals surface area (Å²) in [4.78, 5) is 0. The van der Waals surface area contributed by atoms with E-state index in [0.29, 0.717) is 12.5 Å². The molecule has 2 aromatic rings. The molecule has 0 aliphatic rings. The molecule has 0 radical (unpaired) electrons. The second-order valence-corrected chi connectivity index (χ2v) is 4.86. The number of halogens is 1. The third-order valence-corrected chi connectivity index (χ3v) is 3.48. The van der Waals surface area contributed by atoms with E-state index in [1.54, 1.807) is 0 Å². The van der Waals surface area contributed by atoms with Gasteiger partial charge in [-0.15, -0.1) is 11.6 Å². The van der Waals surface area contributed by atoms with Crippen LogP contribution in [0, 0.1) is 6.92 Å². The molecule has 4 heteroatoms. The Morgan fingerprint density at radius 1 is 1.37 bits per heavy atom. The van der Waals surface area contributed by atoms with Crippen molar-refractivity contribution in [2.45, 2.75) is 32.8 Å². The second kappa shape index (κ2) is 6.11. The van der Waals surface area contributed by atoms with Gasteiger partial charge in [-0.1, -0.05) is 25.1 Å². The highest BCUT2D eigenvalue weighted by Gasteiger charge is 2.09. The highest BCUT2D eigenvalue weighted by molar-refractivity contribution is 6.17. The van der Waals surface area contributed by atoms with Gasteiger partial charge in [0.1, 0.15) is 12.4 Å². The Labute approximate surface area is 119 Å². The van der Waals surface area contributed by atoms with Crippen molar-refractivity contribution in [2.75, 3.05) is 0 Å². The van der Waals surface area contributed by atoms with Crippen molar-refractivity contribution in [1.29, 1.82) is 0 Å². The van der Waals surface area contributed by atoms with Crippen LogP contribution >= 0.6 is 11.6 Å². The van der Waals surface area contributed by atoms with Gasteiger partial charge >= 0.3 is 0 Å². The highest BCUT2D eigenvalue weighted by Crippen LogP contribution is 2.25. The molecule has 0 atom stereocenters. The third-order valence-electron chi connectivity index (χ3n) is 3.19. The summed E-state index contributed by atoms with van der Waals surface area (Å²) in [6, 6.07) is 8.11. The van der Waals surface area contributed by atoms with Crippen molar-refractivity contribution in [3.8, 4) is 5.75 Å². The van der Waals surface area contributed by atoms with Crippen LogP contribution in [0.4, 0.5) is 0 Å². The molecule has 0 unspecified atom stereocenters. The van der Waals surface area contributed by atoms with Crippen molar-refractivity contribution < 1.29 is 4.74 Å². The van der Waals surface area contributed by atoms with E-state index in [1.807, 2.05) is 36.9 Å². The molecular formula is C15H19ClN2O. The summed E-state index contributed by atoms with van der Waals surface area (Å²) >= 11 is 5.95. The van der Waals surface area contributed by atoms with Gasteiger partial charge in [-0.3, -0.25) is 4.68 Å². The summed E-state index contributed by atoms with van der Waals surface area (Å²) in [6.45, 7) is 4.64. The van der Waals surface area contributed by atoms with Gasteiger partial charge in [0.05, 0.1) is 17.3 Å². The molecular weight excluding hydrogens is 260 g/mol. The number of rotatable bonds is 5. The van der Waals surface area contributed by atoms with E-state index in [4.69, 9.17) is 16.3 Å². The fraction of sp³-hybridized carbons (Fsp3) is 0.400. The Kier molecular flexibility index (Phi) is 4.48. The Hall–Kier alpha value is -1.48. The molecule has 0 N–H and O–H groups in total. The number of benzene rings is 1. The van der Waals surface area contributed by atoms with Gasteiger partial charge in [0.15, 0.2) is 0 Å². The average molecular weight is 279 g/mol. The SMILES string of the molecule is CCc1cc(COc2c(C)cccc2CCl)n(C)n1. The summed E-state index contributed by atoms with van der Waals surface area (Å²) in [5, 5.41) is 4.42. The lowest BCUT2D eigenvalue weighted by Crippen LogP contribution is -2.05. The van der Waals surface area contributed by atoms with Crippen molar-refractivity contribution in [1.82, 2.24) is 9.78 Å². The topological polar surface area (TPSA) is 27.1 Å². The van der Waals surface area contributed by atoms with Crippen molar-refractivity contribution in [3.63, 3.8) is 0 Å². The molecule has 0 bridgehead atoms. The largest absolute Gasteiger partial charge is 0.487 e. The fourth-order valence-electron chi connectivity index (χ4n) is 2.05. The van der Waals surface area contributed by atoms with Gasteiger partial charge in [0.25, 0.3) is 0 Å². The summed E-state index contributed by atoms with van der Waals surface area (Å²) in [5.74, 6) is 1.35. The fourth-order valence-corrected chi connectivity index (χ4v) is 2.26. The quantitative estimate of drug-likeness (QED) is 0.781. The first-order chi connectivity index (χ1) is 9.15. The molecule has 0 aliphatic carbocycles. The highest BCUT2D eigenvalue weighted by atomic mass is 35.5. The summed E-state index contributed by atoms with van der Waals surface area (Å²) in [6.07, 6.45) is 0.936. The molecule has 0 amide bonds. The molecule has 0 saturated carbocycles. The van der Waals surface area contributed by atoms with Crippen LogP contribution in [-0.2, 0) is 26.0 Å². The van der Waals surface area contributed by atoms with Gasteiger partial charge < -0.3 is 4.74 Å². The van der Waals surface area contributed by atoms with Crippen LogP contribution in [0.2, 0.25) is 0 Å². The second-order valence-electron chi connectivity index (χ2n) is 4.59. The van der Waals surface area contributed by atoms with E-state index in [9.17, 15) is 0 Å². The Morgan fingerprint density at radius 2 is 2.16 bits per heavy atom. The van der Waals surface area contributed by atoms with Crippen molar-refractivity contribution in [2.24, 2.45) is 7.05 Å². The molecule has 1 heterocycles. The Morgan fingerprint density at radius 3 is 2.79 bits per heavy atom. The summed E-state index contributed by atoms with van der Waals surface area (Å²) < 4.78 is 7.81. The van der Waals surface area contributed by atoms with Crippen molar-refractivity contribution in [3.05, 3.63) is 46.8 Å². The van der Waals surface area contributed by atoms with Crippen LogP contribution in [0.3, 0.4) is 0 Å². The summed E-state index contributed by atoms with van der Waals surface area (Å²) in [5.41, 5.74) is 4.29. The molecule has 3 nitrogen and oxygen atoms in total. The predicted octanol–water partition coefficient (Wildman–Crippen LogP) is 3.61. The standard InChI is InChI=1S/C15H19ClN2O/c1-4-13-8-14(18(3)17-13)10-19-15-11(2)6-5-7-12(15)9-16/h5-8H,4,9-10H2,1-3H3. The Balaban J connectivity index is 2.16. The molecule has 0 spiro atoms. The zero-order chi connectivity index (χ0) is 13.8. The minimum atomic E-state index is 0.461. The van der Waals surface area contributed by atoms with Gasteiger partial charge in [0.2, 0.25) is 0 Å². The molecule has 2 rings (SSSR count). The number of aromatic nitrogens is 2. The monoisotopic (exact) mass is 278 g/mol. The van der Waals surface area contributed by atoms with E-state index in [2.05, 4.69) is 18.1 Å². The number of hydrogen-bond donors (Lipinski definition) is 0. The molecule has 0 fully saturated rings. The van der Waals surface area contributed by atoms with Gasteiger partial charge in [-0.05, 0) is 25.0 Å². The maximum atomic E-state index is 5.95. The van der Waals surface area contributed by atoms with Crippen LogP contribution in [0.15, 0.2) is 24.3 Å². The first-order valence-corrected chi connectivity index (χ1v) is 6.98. The number of ether oxygens (including phenoxy) is 1. The van der Waals surface area contributed by atoms with Crippen LogP contribution < -0.4 is 4.74 Å². The number of para-hydroxylation sites is 1. The zero-order valence-corrected chi connectivity index (χ0v) is 12.4. The van der Waals surface area contributed by atoms with Crippen LogP contribution in [0.1, 0.15) is 29.4 Å². The van der Waals surface area contributed by atoms with Crippen molar-refractivity contribution >= 4 is 11.6 Å². The number of alkyl halides is 1. The number of hydrogen-bond acceptors (Lipinski definition) is 2. The Bertz CT molecular complexity index is 563. The minimum absolute atomic E-state index is 0.461. The minimum Gasteiger partial charge on any atom is -0.487 e. The van der Waals surface area contributed by atoms with E-state index in [1.165, 1.54) is 0 Å².